The highest BCUT2D eigenvalue weighted by Crippen LogP contribution is 2.17. The summed E-state index contributed by atoms with van der Waals surface area (Å²) in [4.78, 5) is 4.46. The molecular formula is C19H30F2IN3O3. The lowest BCUT2D eigenvalue weighted by Gasteiger charge is -2.13. The summed E-state index contributed by atoms with van der Waals surface area (Å²) in [5.41, 5.74) is 0. The predicted molar refractivity (Wildman–Crippen MR) is 116 cm³/mol. The molecule has 6 nitrogen and oxygen atoms in total. The molecule has 1 aromatic carbocycles. The van der Waals surface area contributed by atoms with E-state index in [1.165, 1.54) is 6.07 Å². The lowest BCUT2D eigenvalue weighted by atomic mass is 10.2. The summed E-state index contributed by atoms with van der Waals surface area (Å²) < 4.78 is 42.8. The first-order valence-corrected chi connectivity index (χ1v) is 9.48. The van der Waals surface area contributed by atoms with Crippen molar-refractivity contribution < 1.29 is 23.0 Å². The predicted octanol–water partition coefficient (Wildman–Crippen LogP) is 3.10. The molecule has 0 spiro atoms. The highest BCUT2D eigenvalue weighted by molar-refractivity contribution is 14.0. The average Bonchev–Trinajstić information content (AvgIpc) is 3.16. The summed E-state index contributed by atoms with van der Waals surface area (Å²) >= 11 is 0. The summed E-state index contributed by atoms with van der Waals surface area (Å²) in [6.45, 7) is 6.16. The van der Waals surface area contributed by atoms with Gasteiger partial charge in [-0.1, -0.05) is 0 Å². The van der Waals surface area contributed by atoms with Crippen molar-refractivity contribution in [3.8, 4) is 5.75 Å². The van der Waals surface area contributed by atoms with Gasteiger partial charge in [-0.15, -0.1) is 24.0 Å². The molecule has 1 atom stereocenters. The van der Waals surface area contributed by atoms with Gasteiger partial charge in [0.05, 0.1) is 19.3 Å². The van der Waals surface area contributed by atoms with Crippen LogP contribution in [0.25, 0.3) is 0 Å². The van der Waals surface area contributed by atoms with Gasteiger partial charge in [0.1, 0.15) is 12.4 Å². The van der Waals surface area contributed by atoms with Crippen molar-refractivity contribution in [2.24, 2.45) is 4.99 Å². The van der Waals surface area contributed by atoms with E-state index in [1.807, 2.05) is 6.92 Å². The molecule has 0 saturated carbocycles. The Kier molecular flexibility index (Phi) is 13.1. The van der Waals surface area contributed by atoms with E-state index in [9.17, 15) is 8.78 Å². The van der Waals surface area contributed by atoms with E-state index >= 15 is 0 Å². The monoisotopic (exact) mass is 513 g/mol. The maximum Gasteiger partial charge on any atom is 0.191 e. The van der Waals surface area contributed by atoms with E-state index < -0.39 is 11.6 Å². The van der Waals surface area contributed by atoms with Crippen molar-refractivity contribution in [3.05, 3.63) is 29.8 Å². The zero-order valence-corrected chi connectivity index (χ0v) is 18.5. The van der Waals surface area contributed by atoms with Crippen LogP contribution < -0.4 is 15.4 Å². The van der Waals surface area contributed by atoms with Gasteiger partial charge in [-0.3, -0.25) is 4.99 Å². The summed E-state index contributed by atoms with van der Waals surface area (Å²) in [5, 5.41) is 6.25. The molecule has 0 bridgehead atoms. The number of rotatable bonds is 11. The van der Waals surface area contributed by atoms with Gasteiger partial charge in [0.15, 0.2) is 17.5 Å². The standard InChI is InChI=1S/C19H29F2N3O3.HI/c1-2-22-19(23-8-4-10-25-14-16-5-3-11-26-16)24-9-12-27-18-7-6-15(20)13-17(18)21;/h6-7,13,16H,2-5,8-12,14H2,1H3,(H2,22,23,24);1H. The van der Waals surface area contributed by atoms with Gasteiger partial charge < -0.3 is 24.8 Å². The van der Waals surface area contributed by atoms with E-state index in [0.717, 1.165) is 44.5 Å². The Labute approximate surface area is 182 Å². The number of nitrogens with zero attached hydrogens (tertiary/aromatic N) is 1. The molecule has 1 saturated heterocycles. The molecule has 2 N–H and O–H groups in total. The summed E-state index contributed by atoms with van der Waals surface area (Å²) in [6.07, 6.45) is 3.27. The number of nitrogens with one attached hydrogen (secondary N) is 2. The molecule has 0 amide bonds. The third-order valence-corrected chi connectivity index (χ3v) is 3.93. The van der Waals surface area contributed by atoms with Crippen molar-refractivity contribution in [1.82, 2.24) is 10.6 Å². The number of aliphatic imine (C=N–C) groups is 1. The Balaban J connectivity index is 0.00000392. The van der Waals surface area contributed by atoms with Gasteiger partial charge in [-0.05, 0) is 38.3 Å². The normalized spacial score (nSPS) is 16.5. The first kappa shape index (κ1) is 24.8. The van der Waals surface area contributed by atoms with E-state index in [2.05, 4.69) is 15.6 Å². The third kappa shape index (κ3) is 9.83. The molecule has 0 radical (unpaired) electrons. The third-order valence-electron chi connectivity index (χ3n) is 3.93. The van der Waals surface area contributed by atoms with Crippen LogP contribution in [0, 0.1) is 11.6 Å². The number of benzene rings is 1. The second kappa shape index (κ2) is 14.7. The molecule has 0 aromatic heterocycles. The van der Waals surface area contributed by atoms with E-state index in [4.69, 9.17) is 14.2 Å². The largest absolute Gasteiger partial charge is 0.489 e. The van der Waals surface area contributed by atoms with Crippen LogP contribution in [-0.4, -0.2) is 58.1 Å². The fourth-order valence-corrected chi connectivity index (χ4v) is 2.61. The molecule has 28 heavy (non-hydrogen) atoms. The molecule has 160 valence electrons. The van der Waals surface area contributed by atoms with Crippen LogP contribution in [0.1, 0.15) is 26.2 Å². The Hall–Kier alpha value is -1.20. The molecule has 1 heterocycles. The molecule has 1 aliphatic rings. The smallest absolute Gasteiger partial charge is 0.191 e. The average molecular weight is 513 g/mol. The van der Waals surface area contributed by atoms with Crippen LogP contribution in [0.2, 0.25) is 0 Å². The maximum atomic E-state index is 13.5. The molecule has 2 rings (SSSR count). The van der Waals surface area contributed by atoms with Crippen molar-refractivity contribution in [2.45, 2.75) is 32.3 Å². The number of hydrogen-bond donors (Lipinski definition) is 2. The molecule has 9 heteroatoms. The highest BCUT2D eigenvalue weighted by atomic mass is 127. The number of halogens is 3. The van der Waals surface area contributed by atoms with E-state index in [-0.39, 0.29) is 42.4 Å². The highest BCUT2D eigenvalue weighted by Gasteiger charge is 2.14. The Morgan fingerprint density at radius 3 is 2.86 bits per heavy atom. The van der Waals surface area contributed by atoms with E-state index in [0.29, 0.717) is 32.3 Å². The van der Waals surface area contributed by atoms with Gasteiger partial charge in [0.2, 0.25) is 0 Å². The van der Waals surface area contributed by atoms with Crippen LogP contribution in [0.4, 0.5) is 8.78 Å². The van der Waals surface area contributed by atoms with Gasteiger partial charge in [-0.2, -0.15) is 0 Å². The summed E-state index contributed by atoms with van der Waals surface area (Å²) in [5.74, 6) is -0.638. The SMILES string of the molecule is CCNC(=NCCCOCC1CCCO1)NCCOc1ccc(F)cc1F.I. The number of guanidine groups is 1. The van der Waals surface area contributed by atoms with Crippen LogP contribution in [-0.2, 0) is 9.47 Å². The minimum atomic E-state index is -0.710. The molecule has 1 unspecified atom stereocenters. The first-order chi connectivity index (χ1) is 13.2. The first-order valence-electron chi connectivity index (χ1n) is 9.48. The van der Waals surface area contributed by atoms with Gasteiger partial charge in [-0.25, -0.2) is 8.78 Å². The van der Waals surface area contributed by atoms with Crippen LogP contribution in [0.15, 0.2) is 23.2 Å². The zero-order valence-electron chi connectivity index (χ0n) is 16.2. The van der Waals surface area contributed by atoms with E-state index in [1.54, 1.807) is 0 Å². The topological polar surface area (TPSA) is 64.1 Å². The summed E-state index contributed by atoms with van der Waals surface area (Å²) in [7, 11) is 0. The lowest BCUT2D eigenvalue weighted by molar-refractivity contribution is 0.0171. The number of hydrogen-bond acceptors (Lipinski definition) is 4. The summed E-state index contributed by atoms with van der Waals surface area (Å²) in [6, 6.07) is 3.24. The lowest BCUT2D eigenvalue weighted by Crippen LogP contribution is -2.39. The van der Waals surface area contributed by atoms with Crippen LogP contribution in [0.3, 0.4) is 0 Å². The zero-order chi connectivity index (χ0) is 19.3. The second-order valence-corrected chi connectivity index (χ2v) is 6.17. The molecule has 1 fully saturated rings. The fourth-order valence-electron chi connectivity index (χ4n) is 2.61. The molecule has 1 aliphatic heterocycles. The van der Waals surface area contributed by atoms with Crippen molar-refractivity contribution >= 4 is 29.9 Å². The Bertz CT molecular complexity index is 588. The second-order valence-electron chi connectivity index (χ2n) is 6.17. The van der Waals surface area contributed by atoms with Crippen LogP contribution in [0.5, 0.6) is 5.75 Å². The Morgan fingerprint density at radius 2 is 2.14 bits per heavy atom. The quantitative estimate of drug-likeness (QED) is 0.206. The molecule has 0 aliphatic carbocycles. The molecular weight excluding hydrogens is 483 g/mol. The van der Waals surface area contributed by atoms with Crippen molar-refractivity contribution in [3.63, 3.8) is 0 Å². The fraction of sp³-hybridized carbons (Fsp3) is 0.632. The minimum Gasteiger partial charge on any atom is -0.489 e. The van der Waals surface area contributed by atoms with Gasteiger partial charge >= 0.3 is 0 Å². The van der Waals surface area contributed by atoms with Crippen molar-refractivity contribution in [2.75, 3.05) is 46.1 Å². The minimum absolute atomic E-state index is 0. The Morgan fingerprint density at radius 1 is 1.29 bits per heavy atom. The van der Waals surface area contributed by atoms with Gasteiger partial charge in [0.25, 0.3) is 0 Å². The van der Waals surface area contributed by atoms with Crippen molar-refractivity contribution in [1.29, 1.82) is 0 Å². The van der Waals surface area contributed by atoms with Crippen LogP contribution >= 0.6 is 24.0 Å². The molecule has 1 aromatic rings. The van der Waals surface area contributed by atoms with Gasteiger partial charge in [0, 0.05) is 32.4 Å². The maximum absolute atomic E-state index is 13.5. The number of ether oxygens (including phenoxy) is 3.